The van der Waals surface area contributed by atoms with Gasteiger partial charge < -0.3 is 14.2 Å². The SMILES string of the molecule is COC(=O)c1ccc(OC)c(OCc2ccc(F)cc2Cl)c1. The largest absolute Gasteiger partial charge is 0.493 e. The lowest BCUT2D eigenvalue weighted by atomic mass is 10.2. The van der Waals surface area contributed by atoms with Gasteiger partial charge in [0.2, 0.25) is 0 Å². The van der Waals surface area contributed by atoms with Crippen molar-refractivity contribution in [1.29, 1.82) is 0 Å². The molecule has 22 heavy (non-hydrogen) atoms. The van der Waals surface area contributed by atoms with Crippen LogP contribution < -0.4 is 9.47 Å². The Hall–Kier alpha value is -2.27. The van der Waals surface area contributed by atoms with E-state index >= 15 is 0 Å². The van der Waals surface area contributed by atoms with Crippen molar-refractivity contribution in [2.75, 3.05) is 14.2 Å². The molecule has 0 saturated carbocycles. The van der Waals surface area contributed by atoms with Gasteiger partial charge in [-0.25, -0.2) is 9.18 Å². The summed E-state index contributed by atoms with van der Waals surface area (Å²) in [6.07, 6.45) is 0. The summed E-state index contributed by atoms with van der Waals surface area (Å²) in [7, 11) is 2.79. The van der Waals surface area contributed by atoms with E-state index < -0.39 is 11.8 Å². The van der Waals surface area contributed by atoms with Gasteiger partial charge in [0.15, 0.2) is 11.5 Å². The number of carbonyl (C=O) groups excluding carboxylic acids is 1. The number of ether oxygens (including phenoxy) is 3. The Morgan fingerprint density at radius 2 is 1.91 bits per heavy atom. The lowest BCUT2D eigenvalue weighted by Crippen LogP contribution is -2.04. The first-order valence-electron chi connectivity index (χ1n) is 6.38. The van der Waals surface area contributed by atoms with Crippen LogP contribution >= 0.6 is 11.6 Å². The van der Waals surface area contributed by atoms with Crippen LogP contribution in [0.4, 0.5) is 4.39 Å². The minimum Gasteiger partial charge on any atom is -0.493 e. The van der Waals surface area contributed by atoms with Crippen molar-refractivity contribution in [3.8, 4) is 11.5 Å². The second-order valence-electron chi connectivity index (χ2n) is 4.38. The van der Waals surface area contributed by atoms with E-state index in [2.05, 4.69) is 4.74 Å². The van der Waals surface area contributed by atoms with Crippen LogP contribution in [0.1, 0.15) is 15.9 Å². The predicted molar refractivity (Wildman–Crippen MR) is 80.1 cm³/mol. The van der Waals surface area contributed by atoms with E-state index in [0.717, 1.165) is 0 Å². The minimum atomic E-state index is -0.479. The average Bonchev–Trinajstić information content (AvgIpc) is 2.53. The third kappa shape index (κ3) is 3.68. The highest BCUT2D eigenvalue weighted by molar-refractivity contribution is 6.31. The van der Waals surface area contributed by atoms with Gasteiger partial charge in [0.25, 0.3) is 0 Å². The molecule has 0 aliphatic rings. The van der Waals surface area contributed by atoms with Crippen LogP contribution in [0.3, 0.4) is 0 Å². The zero-order valence-corrected chi connectivity index (χ0v) is 12.8. The number of carbonyl (C=O) groups is 1. The Balaban J connectivity index is 2.22. The molecule has 0 atom stereocenters. The molecule has 0 aliphatic carbocycles. The Morgan fingerprint density at radius 1 is 1.14 bits per heavy atom. The molecule has 0 N–H and O–H groups in total. The maximum atomic E-state index is 13.0. The van der Waals surface area contributed by atoms with Crippen LogP contribution in [-0.4, -0.2) is 20.2 Å². The summed E-state index contributed by atoms with van der Waals surface area (Å²) >= 11 is 5.95. The third-order valence-corrected chi connectivity index (χ3v) is 3.33. The highest BCUT2D eigenvalue weighted by atomic mass is 35.5. The van der Waals surface area contributed by atoms with Crippen molar-refractivity contribution in [1.82, 2.24) is 0 Å². The van der Waals surface area contributed by atoms with Gasteiger partial charge in [-0.05, 0) is 30.3 Å². The Labute approximate surface area is 132 Å². The maximum Gasteiger partial charge on any atom is 0.337 e. The second-order valence-corrected chi connectivity index (χ2v) is 4.79. The first-order valence-corrected chi connectivity index (χ1v) is 6.76. The van der Waals surface area contributed by atoms with Crippen molar-refractivity contribution in [3.63, 3.8) is 0 Å². The van der Waals surface area contributed by atoms with Gasteiger partial charge >= 0.3 is 5.97 Å². The number of halogens is 2. The van der Waals surface area contributed by atoms with E-state index in [-0.39, 0.29) is 11.6 Å². The highest BCUT2D eigenvalue weighted by Crippen LogP contribution is 2.30. The lowest BCUT2D eigenvalue weighted by molar-refractivity contribution is 0.0600. The van der Waals surface area contributed by atoms with Gasteiger partial charge in [-0.2, -0.15) is 0 Å². The molecule has 0 spiro atoms. The molecule has 2 aromatic carbocycles. The molecular formula is C16H14ClFO4. The first-order chi connectivity index (χ1) is 10.5. The number of hydrogen-bond acceptors (Lipinski definition) is 4. The summed E-state index contributed by atoms with van der Waals surface area (Å²) in [5.41, 5.74) is 0.956. The van der Waals surface area contributed by atoms with Crippen LogP contribution in [0, 0.1) is 5.82 Å². The smallest absolute Gasteiger partial charge is 0.337 e. The van der Waals surface area contributed by atoms with E-state index in [1.54, 1.807) is 12.1 Å². The normalized spacial score (nSPS) is 10.2. The highest BCUT2D eigenvalue weighted by Gasteiger charge is 2.12. The van der Waals surface area contributed by atoms with E-state index in [1.165, 1.54) is 38.5 Å². The topological polar surface area (TPSA) is 44.8 Å². The number of rotatable bonds is 5. The monoisotopic (exact) mass is 324 g/mol. The predicted octanol–water partition coefficient (Wildman–Crippen LogP) is 3.85. The fraction of sp³-hybridized carbons (Fsp3) is 0.188. The van der Waals surface area contributed by atoms with Gasteiger partial charge in [-0.1, -0.05) is 17.7 Å². The molecule has 0 saturated heterocycles. The molecule has 116 valence electrons. The molecular weight excluding hydrogens is 311 g/mol. The second kappa shape index (κ2) is 7.13. The molecule has 0 heterocycles. The standard InChI is InChI=1S/C16H14ClFO4/c1-20-14-6-4-10(16(19)21-2)7-15(14)22-9-11-3-5-12(18)8-13(11)17/h3-8H,9H2,1-2H3. The molecule has 0 aromatic heterocycles. The van der Waals surface area contributed by atoms with Crippen LogP contribution in [0.25, 0.3) is 0 Å². The van der Waals surface area contributed by atoms with E-state index in [4.69, 9.17) is 21.1 Å². The fourth-order valence-electron chi connectivity index (χ4n) is 1.83. The van der Waals surface area contributed by atoms with Crippen LogP contribution in [0.15, 0.2) is 36.4 Å². The molecule has 6 heteroatoms. The molecule has 0 aliphatic heterocycles. The fourth-order valence-corrected chi connectivity index (χ4v) is 2.05. The molecule has 0 radical (unpaired) electrons. The van der Waals surface area contributed by atoms with Crippen molar-refractivity contribution in [2.24, 2.45) is 0 Å². The number of methoxy groups -OCH3 is 2. The molecule has 2 rings (SSSR count). The van der Waals surface area contributed by atoms with Crippen molar-refractivity contribution in [2.45, 2.75) is 6.61 Å². The molecule has 0 unspecified atom stereocenters. The third-order valence-electron chi connectivity index (χ3n) is 2.98. The molecule has 0 amide bonds. The first kappa shape index (κ1) is 16.1. The van der Waals surface area contributed by atoms with Crippen LogP contribution in [0.5, 0.6) is 11.5 Å². The minimum absolute atomic E-state index is 0.111. The summed E-state index contributed by atoms with van der Waals surface area (Å²) in [4.78, 5) is 11.5. The summed E-state index contributed by atoms with van der Waals surface area (Å²) < 4.78 is 28.5. The molecule has 0 bridgehead atoms. The maximum absolute atomic E-state index is 13.0. The zero-order chi connectivity index (χ0) is 16.1. The molecule has 4 nitrogen and oxygen atoms in total. The van der Waals surface area contributed by atoms with Crippen molar-refractivity contribution >= 4 is 17.6 Å². The van der Waals surface area contributed by atoms with Crippen molar-refractivity contribution in [3.05, 3.63) is 58.4 Å². The molecule has 0 fully saturated rings. The van der Waals surface area contributed by atoms with E-state index in [9.17, 15) is 9.18 Å². The van der Waals surface area contributed by atoms with Crippen LogP contribution in [-0.2, 0) is 11.3 Å². The Kier molecular flexibility index (Phi) is 5.22. The van der Waals surface area contributed by atoms with Gasteiger partial charge in [-0.15, -0.1) is 0 Å². The van der Waals surface area contributed by atoms with E-state index in [0.29, 0.717) is 22.6 Å². The van der Waals surface area contributed by atoms with Crippen molar-refractivity contribution < 1.29 is 23.4 Å². The number of benzene rings is 2. The van der Waals surface area contributed by atoms with Gasteiger partial charge in [-0.3, -0.25) is 0 Å². The number of hydrogen-bond donors (Lipinski definition) is 0. The zero-order valence-electron chi connectivity index (χ0n) is 12.1. The molecule has 2 aromatic rings. The lowest BCUT2D eigenvalue weighted by Gasteiger charge is -2.12. The van der Waals surface area contributed by atoms with Crippen LogP contribution in [0.2, 0.25) is 5.02 Å². The number of esters is 1. The average molecular weight is 325 g/mol. The van der Waals surface area contributed by atoms with Gasteiger partial charge in [0.05, 0.1) is 24.8 Å². The van der Waals surface area contributed by atoms with E-state index in [1.807, 2.05) is 0 Å². The van der Waals surface area contributed by atoms with Gasteiger partial charge in [0.1, 0.15) is 12.4 Å². The Morgan fingerprint density at radius 3 is 2.55 bits per heavy atom. The summed E-state index contributed by atoms with van der Waals surface area (Å²) in [5.74, 6) is -0.0667. The summed E-state index contributed by atoms with van der Waals surface area (Å²) in [5, 5.41) is 0.267. The summed E-state index contributed by atoms with van der Waals surface area (Å²) in [6.45, 7) is 0.111. The summed E-state index contributed by atoms with van der Waals surface area (Å²) in [6, 6.07) is 8.74. The Bertz CT molecular complexity index is 688. The quantitative estimate of drug-likeness (QED) is 0.784. The van der Waals surface area contributed by atoms with Gasteiger partial charge in [0, 0.05) is 5.56 Å².